The lowest BCUT2D eigenvalue weighted by atomic mass is 9.97. The number of hydrogen-bond donors (Lipinski definition) is 1. The number of rotatable bonds is 4. The predicted molar refractivity (Wildman–Crippen MR) is 49.0 cm³/mol. The summed E-state index contributed by atoms with van der Waals surface area (Å²) in [6.45, 7) is 4.62. The van der Waals surface area contributed by atoms with Gasteiger partial charge in [0.15, 0.2) is 0 Å². The molecule has 6 heteroatoms. The number of carbonyl (C=O) groups excluding carboxylic acids is 1. The molecular weight excluding hydrogens is 211 g/mol. The van der Waals surface area contributed by atoms with Gasteiger partial charge in [-0.1, -0.05) is 6.92 Å². The first kappa shape index (κ1) is 14.2. The molecule has 0 aromatic heterocycles. The van der Waals surface area contributed by atoms with E-state index in [4.69, 9.17) is 10.5 Å². The molecule has 0 bridgehead atoms. The van der Waals surface area contributed by atoms with Gasteiger partial charge in [0, 0.05) is 0 Å². The Kier molecular flexibility index (Phi) is 5.07. The zero-order chi connectivity index (χ0) is 12.2. The molecule has 0 amide bonds. The third-order valence-corrected chi connectivity index (χ3v) is 1.91. The van der Waals surface area contributed by atoms with E-state index < -0.39 is 30.2 Å². The number of halogens is 3. The van der Waals surface area contributed by atoms with Gasteiger partial charge in [0.1, 0.15) is 6.04 Å². The molecule has 0 fully saturated rings. The molecule has 3 nitrogen and oxygen atoms in total. The Bertz CT molecular complexity index is 216. The highest BCUT2D eigenvalue weighted by Gasteiger charge is 2.44. The lowest BCUT2D eigenvalue weighted by molar-refractivity contribution is -0.178. The maximum Gasteiger partial charge on any atom is 0.404 e. The first-order valence-electron chi connectivity index (χ1n) is 4.72. The second-order valence-electron chi connectivity index (χ2n) is 3.57. The summed E-state index contributed by atoms with van der Waals surface area (Å²) in [4.78, 5) is 11.3. The van der Waals surface area contributed by atoms with Gasteiger partial charge in [-0.2, -0.15) is 13.2 Å². The zero-order valence-electron chi connectivity index (χ0n) is 8.97. The van der Waals surface area contributed by atoms with E-state index in [0.717, 1.165) is 0 Å². The SMILES string of the molecule is CC[C@@H](C(=O)OC(C)C)[C@@H](N)C(F)(F)F. The van der Waals surface area contributed by atoms with Crippen molar-refractivity contribution < 1.29 is 22.7 Å². The van der Waals surface area contributed by atoms with E-state index in [1.165, 1.54) is 6.92 Å². The van der Waals surface area contributed by atoms with Gasteiger partial charge in [0.25, 0.3) is 0 Å². The Morgan fingerprint density at radius 1 is 1.40 bits per heavy atom. The maximum atomic E-state index is 12.3. The number of nitrogens with two attached hydrogens (primary N) is 1. The average molecular weight is 227 g/mol. The van der Waals surface area contributed by atoms with Crippen LogP contribution in [-0.4, -0.2) is 24.3 Å². The highest BCUT2D eigenvalue weighted by molar-refractivity contribution is 5.73. The summed E-state index contributed by atoms with van der Waals surface area (Å²) < 4.78 is 41.5. The van der Waals surface area contributed by atoms with Gasteiger partial charge in [-0.05, 0) is 20.3 Å². The summed E-state index contributed by atoms with van der Waals surface area (Å²) >= 11 is 0. The number of ether oxygens (including phenoxy) is 1. The molecule has 0 unspecified atom stereocenters. The molecule has 0 aliphatic carbocycles. The highest BCUT2D eigenvalue weighted by atomic mass is 19.4. The first-order chi connectivity index (χ1) is 6.70. The second kappa shape index (κ2) is 5.34. The molecule has 15 heavy (non-hydrogen) atoms. The molecule has 2 atom stereocenters. The summed E-state index contributed by atoms with van der Waals surface area (Å²) in [5.74, 6) is -2.22. The van der Waals surface area contributed by atoms with E-state index in [0.29, 0.717) is 0 Å². The Hall–Kier alpha value is -0.780. The molecule has 0 aromatic carbocycles. The highest BCUT2D eigenvalue weighted by Crippen LogP contribution is 2.26. The van der Waals surface area contributed by atoms with Gasteiger partial charge in [0.2, 0.25) is 0 Å². The minimum atomic E-state index is -4.57. The summed E-state index contributed by atoms with van der Waals surface area (Å²) in [6, 6.07) is -2.16. The van der Waals surface area contributed by atoms with Crippen molar-refractivity contribution in [3.63, 3.8) is 0 Å². The van der Waals surface area contributed by atoms with Crippen LogP contribution in [-0.2, 0) is 9.53 Å². The van der Waals surface area contributed by atoms with Crippen LogP contribution in [0, 0.1) is 5.92 Å². The second-order valence-corrected chi connectivity index (χ2v) is 3.57. The van der Waals surface area contributed by atoms with Crippen LogP contribution in [0.5, 0.6) is 0 Å². The van der Waals surface area contributed by atoms with Gasteiger partial charge in [-0.25, -0.2) is 0 Å². The van der Waals surface area contributed by atoms with Crippen molar-refractivity contribution in [3.05, 3.63) is 0 Å². The van der Waals surface area contributed by atoms with E-state index in [2.05, 4.69) is 0 Å². The normalized spacial score (nSPS) is 16.3. The quantitative estimate of drug-likeness (QED) is 0.746. The average Bonchev–Trinajstić information content (AvgIpc) is 2.01. The standard InChI is InChI=1S/C9H16F3NO2/c1-4-6(7(13)9(10,11)12)8(14)15-5(2)3/h5-7H,4,13H2,1-3H3/t6-,7-/m1/s1. The number of carbonyl (C=O) groups is 1. The fraction of sp³-hybridized carbons (Fsp3) is 0.889. The Morgan fingerprint density at radius 2 is 1.87 bits per heavy atom. The Labute approximate surface area is 86.8 Å². The molecule has 90 valence electrons. The van der Waals surface area contributed by atoms with Crippen molar-refractivity contribution in [1.82, 2.24) is 0 Å². The van der Waals surface area contributed by atoms with Crippen molar-refractivity contribution >= 4 is 5.97 Å². The predicted octanol–water partition coefficient (Wildman–Crippen LogP) is 1.85. The Balaban J connectivity index is 4.55. The molecule has 2 N–H and O–H groups in total. The molecule has 0 saturated heterocycles. The van der Waals surface area contributed by atoms with E-state index in [1.54, 1.807) is 13.8 Å². The van der Waals surface area contributed by atoms with E-state index in [1.807, 2.05) is 0 Å². The van der Waals surface area contributed by atoms with Crippen LogP contribution >= 0.6 is 0 Å². The number of esters is 1. The van der Waals surface area contributed by atoms with Crippen LogP contribution in [0.3, 0.4) is 0 Å². The molecule has 0 aromatic rings. The zero-order valence-corrected chi connectivity index (χ0v) is 8.97. The van der Waals surface area contributed by atoms with E-state index in [-0.39, 0.29) is 6.42 Å². The van der Waals surface area contributed by atoms with Crippen molar-refractivity contribution in [2.45, 2.75) is 45.5 Å². The van der Waals surface area contributed by atoms with Gasteiger partial charge < -0.3 is 10.5 Å². The van der Waals surface area contributed by atoms with E-state index in [9.17, 15) is 18.0 Å². The molecule has 0 saturated carbocycles. The summed E-state index contributed by atoms with van der Waals surface area (Å²) in [5.41, 5.74) is 4.96. The van der Waals surface area contributed by atoms with Crippen LogP contribution in [0.1, 0.15) is 27.2 Å². The van der Waals surface area contributed by atoms with Gasteiger partial charge >= 0.3 is 12.1 Å². The van der Waals surface area contributed by atoms with Crippen LogP contribution in [0.4, 0.5) is 13.2 Å². The lowest BCUT2D eigenvalue weighted by Crippen LogP contribution is -2.47. The monoisotopic (exact) mass is 227 g/mol. The fourth-order valence-corrected chi connectivity index (χ4v) is 1.12. The summed E-state index contributed by atoms with van der Waals surface area (Å²) in [7, 11) is 0. The molecule has 0 aliphatic rings. The van der Waals surface area contributed by atoms with Crippen molar-refractivity contribution in [1.29, 1.82) is 0 Å². The fourth-order valence-electron chi connectivity index (χ4n) is 1.12. The topological polar surface area (TPSA) is 52.3 Å². The molecule has 0 heterocycles. The largest absolute Gasteiger partial charge is 0.463 e. The van der Waals surface area contributed by atoms with Crippen LogP contribution in [0.15, 0.2) is 0 Å². The molecule has 0 radical (unpaired) electrons. The van der Waals surface area contributed by atoms with Crippen LogP contribution in [0.2, 0.25) is 0 Å². The minimum absolute atomic E-state index is 0.00618. The van der Waals surface area contributed by atoms with Crippen molar-refractivity contribution in [2.75, 3.05) is 0 Å². The number of alkyl halides is 3. The van der Waals surface area contributed by atoms with Crippen LogP contribution in [0.25, 0.3) is 0 Å². The van der Waals surface area contributed by atoms with Gasteiger partial charge in [-0.15, -0.1) is 0 Å². The molecule has 0 spiro atoms. The third-order valence-electron chi connectivity index (χ3n) is 1.91. The Morgan fingerprint density at radius 3 is 2.13 bits per heavy atom. The molecule has 0 aliphatic heterocycles. The van der Waals surface area contributed by atoms with Crippen molar-refractivity contribution in [3.8, 4) is 0 Å². The third kappa shape index (κ3) is 4.51. The lowest BCUT2D eigenvalue weighted by Gasteiger charge is -2.24. The first-order valence-corrected chi connectivity index (χ1v) is 4.72. The smallest absolute Gasteiger partial charge is 0.404 e. The van der Waals surface area contributed by atoms with Crippen molar-refractivity contribution in [2.24, 2.45) is 11.7 Å². The minimum Gasteiger partial charge on any atom is -0.463 e. The van der Waals surface area contributed by atoms with E-state index >= 15 is 0 Å². The number of hydrogen-bond acceptors (Lipinski definition) is 3. The summed E-state index contributed by atoms with van der Waals surface area (Å²) in [5, 5.41) is 0. The molecule has 0 rings (SSSR count). The summed E-state index contributed by atoms with van der Waals surface area (Å²) in [6.07, 6.45) is -5.00. The van der Waals surface area contributed by atoms with Gasteiger partial charge in [-0.3, -0.25) is 4.79 Å². The maximum absolute atomic E-state index is 12.3. The molecular formula is C9H16F3NO2. The van der Waals surface area contributed by atoms with Crippen LogP contribution < -0.4 is 5.73 Å². The van der Waals surface area contributed by atoms with Gasteiger partial charge in [0.05, 0.1) is 12.0 Å².